The number of aliphatic hydroxyl groups is 1. The highest BCUT2D eigenvalue weighted by molar-refractivity contribution is 6.93. The topological polar surface area (TPSA) is 69.7 Å². The molecule has 0 spiro atoms. The van der Waals surface area contributed by atoms with Crippen LogP contribution in [-0.2, 0) is 21.2 Å². The third-order valence-corrected chi connectivity index (χ3v) is 24.9. The SMILES string of the molecule is C[Si]1(C)O[Si](C)(C)O[Si](C)(CCC2CCC3OC3C2)O[Si](C)(CCC2CCCC(O)C2)O1. The molecule has 6 nitrogen and oxygen atoms in total. The van der Waals surface area contributed by atoms with Gasteiger partial charge in [0, 0.05) is 0 Å². The van der Waals surface area contributed by atoms with Crippen LogP contribution in [0.1, 0.15) is 57.8 Å². The second kappa shape index (κ2) is 9.59. The van der Waals surface area contributed by atoms with Crippen molar-refractivity contribution >= 4 is 34.2 Å². The highest BCUT2D eigenvalue weighted by Crippen LogP contribution is 2.43. The van der Waals surface area contributed by atoms with E-state index in [9.17, 15) is 5.11 Å². The zero-order chi connectivity index (χ0) is 23.2. The maximum absolute atomic E-state index is 10.1. The summed E-state index contributed by atoms with van der Waals surface area (Å²) < 4.78 is 33.3. The van der Waals surface area contributed by atoms with Crippen LogP contribution in [0.3, 0.4) is 0 Å². The van der Waals surface area contributed by atoms with E-state index >= 15 is 0 Å². The highest BCUT2D eigenvalue weighted by atomic mass is 28.5. The number of ether oxygens (including phenoxy) is 1. The first-order valence-electron chi connectivity index (χ1n) is 13.0. The van der Waals surface area contributed by atoms with Gasteiger partial charge in [0.25, 0.3) is 0 Å². The van der Waals surface area contributed by atoms with Crippen molar-refractivity contribution in [3.05, 3.63) is 0 Å². The number of aliphatic hydroxyl groups excluding tert-OH is 1. The molecule has 0 aromatic carbocycles. The zero-order valence-corrected chi connectivity index (χ0v) is 25.2. The summed E-state index contributed by atoms with van der Waals surface area (Å²) in [5.41, 5.74) is 0. The summed E-state index contributed by atoms with van der Waals surface area (Å²) in [5.74, 6) is 1.31. The van der Waals surface area contributed by atoms with Crippen molar-refractivity contribution in [3.8, 4) is 0 Å². The first-order valence-corrected chi connectivity index (χ1v) is 23.7. The summed E-state index contributed by atoms with van der Waals surface area (Å²) in [6.07, 6.45) is 11.2. The van der Waals surface area contributed by atoms with Gasteiger partial charge in [-0.1, -0.05) is 12.8 Å². The molecule has 4 fully saturated rings. The van der Waals surface area contributed by atoms with Crippen LogP contribution >= 0.6 is 0 Å². The van der Waals surface area contributed by atoms with Crippen molar-refractivity contribution in [1.29, 1.82) is 0 Å². The Hall–Kier alpha value is 0.628. The van der Waals surface area contributed by atoms with Crippen molar-refractivity contribution < 1.29 is 26.3 Å². The first-order chi connectivity index (χ1) is 14.8. The van der Waals surface area contributed by atoms with Crippen LogP contribution in [0, 0.1) is 11.8 Å². The fraction of sp³-hybridized carbons (Fsp3) is 1.00. The van der Waals surface area contributed by atoms with Gasteiger partial charge >= 0.3 is 34.2 Å². The van der Waals surface area contributed by atoms with E-state index in [2.05, 4.69) is 39.3 Å². The molecular weight excluding hydrogens is 473 g/mol. The molecule has 1 N–H and O–H groups in total. The van der Waals surface area contributed by atoms with Gasteiger partial charge in [0.15, 0.2) is 0 Å². The van der Waals surface area contributed by atoms with Crippen LogP contribution in [0.25, 0.3) is 0 Å². The Bertz CT molecular complexity index is 632. The Labute approximate surface area is 199 Å². The van der Waals surface area contributed by atoms with Gasteiger partial charge in [0.1, 0.15) is 0 Å². The number of epoxide rings is 1. The lowest BCUT2D eigenvalue weighted by atomic mass is 9.86. The number of rotatable bonds is 6. The number of fused-ring (bicyclic) bond motifs is 1. The van der Waals surface area contributed by atoms with Crippen LogP contribution in [0.2, 0.25) is 51.4 Å². The number of hydrogen-bond acceptors (Lipinski definition) is 6. The standard InChI is InChI=1S/C22H46O6Si4/c1-29(2)25-30(3,4)27-32(6,15-13-19-10-11-21-22(17-19)24-21)28-31(5,26-29)14-12-18-8-7-9-20(23)16-18/h18-23H,7-17H2,1-6H3. The van der Waals surface area contributed by atoms with Crippen LogP contribution in [-0.4, -0.2) is 57.7 Å². The maximum Gasteiger partial charge on any atom is 0.317 e. The van der Waals surface area contributed by atoms with Crippen molar-refractivity contribution in [2.24, 2.45) is 11.8 Å². The molecule has 4 rings (SSSR count). The minimum Gasteiger partial charge on any atom is -0.416 e. The molecule has 0 radical (unpaired) electrons. The van der Waals surface area contributed by atoms with Crippen molar-refractivity contribution in [3.63, 3.8) is 0 Å². The fourth-order valence-corrected chi connectivity index (χ4v) is 29.0. The van der Waals surface area contributed by atoms with Crippen molar-refractivity contribution in [2.45, 2.75) is 127 Å². The minimum absolute atomic E-state index is 0.128. The van der Waals surface area contributed by atoms with Gasteiger partial charge in [0.05, 0.1) is 18.3 Å². The maximum atomic E-state index is 10.1. The van der Waals surface area contributed by atoms with Crippen molar-refractivity contribution in [2.75, 3.05) is 0 Å². The van der Waals surface area contributed by atoms with E-state index in [4.69, 9.17) is 21.2 Å². The first kappa shape index (κ1) is 25.7. The van der Waals surface area contributed by atoms with Gasteiger partial charge in [-0.2, -0.15) is 0 Å². The van der Waals surface area contributed by atoms with Crippen molar-refractivity contribution in [1.82, 2.24) is 0 Å². The van der Waals surface area contributed by atoms with Crippen LogP contribution in [0.4, 0.5) is 0 Å². The molecule has 0 bridgehead atoms. The van der Waals surface area contributed by atoms with E-state index in [1.807, 2.05) is 0 Å². The van der Waals surface area contributed by atoms with Crippen LogP contribution in [0.5, 0.6) is 0 Å². The van der Waals surface area contributed by atoms with Crippen LogP contribution in [0.15, 0.2) is 0 Å². The van der Waals surface area contributed by atoms with Gasteiger partial charge in [-0.15, -0.1) is 0 Å². The molecule has 2 heterocycles. The quantitative estimate of drug-likeness (QED) is 0.369. The lowest BCUT2D eigenvalue weighted by molar-refractivity contribution is 0.0987. The minimum atomic E-state index is -2.46. The molecule has 0 aromatic heterocycles. The normalized spacial score (nSPS) is 46.0. The van der Waals surface area contributed by atoms with E-state index in [1.54, 1.807) is 0 Å². The molecule has 7 atom stereocenters. The van der Waals surface area contributed by atoms with Gasteiger partial charge in [-0.25, -0.2) is 0 Å². The Morgan fingerprint density at radius 2 is 1.25 bits per heavy atom. The average Bonchev–Trinajstić information content (AvgIpc) is 3.41. The molecule has 2 saturated carbocycles. The second-order valence-corrected chi connectivity index (χ2v) is 26.5. The summed E-state index contributed by atoms with van der Waals surface area (Å²) >= 11 is 0. The average molecular weight is 519 g/mol. The predicted octanol–water partition coefficient (Wildman–Crippen LogP) is 5.51. The molecule has 2 aliphatic carbocycles. The smallest absolute Gasteiger partial charge is 0.317 e. The third-order valence-electron chi connectivity index (χ3n) is 7.73. The van der Waals surface area contributed by atoms with Gasteiger partial charge in [-0.3, -0.25) is 0 Å². The molecule has 10 heteroatoms. The molecule has 0 aromatic rings. The van der Waals surface area contributed by atoms with Crippen LogP contribution < -0.4 is 0 Å². The highest BCUT2D eigenvalue weighted by Gasteiger charge is 2.54. The third kappa shape index (κ3) is 7.08. The summed E-state index contributed by atoms with van der Waals surface area (Å²) in [7, 11) is -9.56. The summed E-state index contributed by atoms with van der Waals surface area (Å²) in [6, 6.07) is 1.99. The number of hydrogen-bond donors (Lipinski definition) is 1. The molecule has 2 saturated heterocycles. The molecule has 32 heavy (non-hydrogen) atoms. The Kier molecular flexibility index (Phi) is 7.70. The molecule has 0 amide bonds. The van der Waals surface area contributed by atoms with E-state index in [0.29, 0.717) is 18.1 Å². The Morgan fingerprint density at radius 3 is 1.81 bits per heavy atom. The summed E-state index contributed by atoms with van der Waals surface area (Å²) in [4.78, 5) is 0. The second-order valence-electron chi connectivity index (χ2n) is 12.1. The largest absolute Gasteiger partial charge is 0.416 e. The van der Waals surface area contributed by atoms with Gasteiger partial charge in [-0.05, 0) is 108 Å². The van der Waals surface area contributed by atoms with E-state index < -0.39 is 34.2 Å². The lowest BCUT2D eigenvalue weighted by Gasteiger charge is -2.49. The molecule has 2 aliphatic heterocycles. The Morgan fingerprint density at radius 1 is 0.656 bits per heavy atom. The van der Waals surface area contributed by atoms with Gasteiger partial charge in [0.2, 0.25) is 0 Å². The molecule has 7 unspecified atom stereocenters. The van der Waals surface area contributed by atoms with E-state index in [-0.39, 0.29) is 6.10 Å². The Balaban J connectivity index is 1.44. The monoisotopic (exact) mass is 518 g/mol. The summed E-state index contributed by atoms with van der Waals surface area (Å²) in [5, 5.41) is 10.1. The van der Waals surface area contributed by atoms with E-state index in [0.717, 1.165) is 43.7 Å². The lowest BCUT2D eigenvalue weighted by Crippen LogP contribution is -2.65. The fourth-order valence-electron chi connectivity index (χ4n) is 6.58. The zero-order valence-electron chi connectivity index (χ0n) is 21.2. The molecule has 186 valence electrons. The predicted molar refractivity (Wildman–Crippen MR) is 135 cm³/mol. The summed E-state index contributed by atoms with van der Waals surface area (Å²) in [6.45, 7) is 13.2. The van der Waals surface area contributed by atoms with Gasteiger partial charge < -0.3 is 26.3 Å². The van der Waals surface area contributed by atoms with E-state index in [1.165, 1.54) is 32.1 Å². The molecular formula is C22H46O6Si4. The molecule has 4 aliphatic rings.